The van der Waals surface area contributed by atoms with E-state index < -0.39 is 0 Å². The molecule has 7 heteroatoms. The van der Waals surface area contributed by atoms with Crippen molar-refractivity contribution in [3.05, 3.63) is 29.6 Å². The smallest absolute Gasteiger partial charge is 0.191 e. The summed E-state index contributed by atoms with van der Waals surface area (Å²) < 4.78 is 19.1. The van der Waals surface area contributed by atoms with Gasteiger partial charge in [-0.3, -0.25) is 0 Å². The second-order valence-electron chi connectivity index (χ2n) is 6.45. The average molecular weight is 368 g/mol. The first-order valence-electron chi connectivity index (χ1n) is 9.13. The van der Waals surface area contributed by atoms with Gasteiger partial charge in [0.25, 0.3) is 0 Å². The van der Waals surface area contributed by atoms with Gasteiger partial charge in [0.05, 0.1) is 12.2 Å². The van der Waals surface area contributed by atoms with Crippen LogP contribution in [0.25, 0.3) is 0 Å². The quantitative estimate of drug-likeness (QED) is 0.356. The molecule has 0 aliphatic rings. The lowest BCUT2D eigenvalue weighted by atomic mass is 10.2. The van der Waals surface area contributed by atoms with Crippen molar-refractivity contribution in [1.29, 1.82) is 0 Å². The van der Waals surface area contributed by atoms with E-state index in [1.54, 1.807) is 24.1 Å². The summed E-state index contributed by atoms with van der Waals surface area (Å²) in [5.41, 5.74) is 1.43. The van der Waals surface area contributed by atoms with E-state index >= 15 is 0 Å². The van der Waals surface area contributed by atoms with Crippen LogP contribution in [0, 0.1) is 5.82 Å². The first-order chi connectivity index (χ1) is 12.5. The highest BCUT2D eigenvalue weighted by atomic mass is 19.1. The van der Waals surface area contributed by atoms with Crippen molar-refractivity contribution in [2.24, 2.45) is 4.99 Å². The molecule has 2 N–H and O–H groups in total. The fourth-order valence-electron chi connectivity index (χ4n) is 2.48. The summed E-state index contributed by atoms with van der Waals surface area (Å²) in [4.78, 5) is 8.56. The molecule has 0 aliphatic heterocycles. The SMILES string of the molecule is CCNC(=NCc1ccc(N(C)C)c(F)c1)NCCN(C)CCCOC. The third kappa shape index (κ3) is 8.49. The molecular weight excluding hydrogens is 333 g/mol. The Hall–Kier alpha value is -1.86. The fraction of sp³-hybridized carbons (Fsp3) is 0.632. The zero-order valence-corrected chi connectivity index (χ0v) is 16.8. The van der Waals surface area contributed by atoms with Crippen LogP contribution in [0.4, 0.5) is 10.1 Å². The molecule has 0 saturated heterocycles. The maximum atomic E-state index is 14.1. The van der Waals surface area contributed by atoms with Crippen molar-refractivity contribution in [3.8, 4) is 0 Å². The molecule has 0 aliphatic carbocycles. The maximum absolute atomic E-state index is 14.1. The van der Waals surface area contributed by atoms with Crippen LogP contribution in [-0.4, -0.2) is 71.9 Å². The number of nitrogens with zero attached hydrogens (tertiary/aromatic N) is 3. The minimum atomic E-state index is -0.224. The second kappa shape index (κ2) is 12.5. The summed E-state index contributed by atoms with van der Waals surface area (Å²) in [5.74, 6) is 0.522. The van der Waals surface area contributed by atoms with Gasteiger partial charge in [0.1, 0.15) is 5.82 Å². The Kier molecular flexibility index (Phi) is 10.7. The van der Waals surface area contributed by atoms with E-state index in [1.165, 1.54) is 0 Å². The third-order valence-corrected chi connectivity index (χ3v) is 3.93. The maximum Gasteiger partial charge on any atom is 0.191 e. The lowest BCUT2D eigenvalue weighted by molar-refractivity contribution is 0.180. The van der Waals surface area contributed by atoms with Crippen molar-refractivity contribution in [2.45, 2.75) is 19.9 Å². The van der Waals surface area contributed by atoms with Crippen LogP contribution in [0.2, 0.25) is 0 Å². The number of hydrogen-bond donors (Lipinski definition) is 2. The lowest BCUT2D eigenvalue weighted by Gasteiger charge is -2.18. The van der Waals surface area contributed by atoms with Crippen LogP contribution in [0.3, 0.4) is 0 Å². The molecule has 0 unspecified atom stereocenters. The summed E-state index contributed by atoms with van der Waals surface area (Å²) in [5, 5.41) is 6.54. The summed E-state index contributed by atoms with van der Waals surface area (Å²) in [7, 11) is 7.47. The number of anilines is 1. The van der Waals surface area contributed by atoms with Gasteiger partial charge in [-0.05, 0) is 38.1 Å². The number of ether oxygens (including phenoxy) is 1. The molecule has 26 heavy (non-hydrogen) atoms. The zero-order chi connectivity index (χ0) is 19.4. The number of benzene rings is 1. The molecular formula is C19H34FN5O. The van der Waals surface area contributed by atoms with Crippen molar-refractivity contribution >= 4 is 11.6 Å². The number of hydrogen-bond acceptors (Lipinski definition) is 4. The summed E-state index contributed by atoms with van der Waals surface area (Å²) >= 11 is 0. The van der Waals surface area contributed by atoms with E-state index in [9.17, 15) is 4.39 Å². The zero-order valence-electron chi connectivity index (χ0n) is 16.8. The number of guanidine groups is 1. The Labute approximate surface area is 157 Å². The highest BCUT2D eigenvalue weighted by molar-refractivity contribution is 5.79. The highest BCUT2D eigenvalue weighted by Gasteiger charge is 2.06. The Morgan fingerprint density at radius 3 is 2.58 bits per heavy atom. The summed E-state index contributed by atoms with van der Waals surface area (Å²) in [6.07, 6.45) is 1.02. The van der Waals surface area contributed by atoms with Crippen molar-refractivity contribution < 1.29 is 9.13 Å². The largest absolute Gasteiger partial charge is 0.385 e. The van der Waals surface area contributed by atoms with Gasteiger partial charge in [-0.15, -0.1) is 0 Å². The topological polar surface area (TPSA) is 52.1 Å². The first-order valence-corrected chi connectivity index (χ1v) is 9.13. The molecule has 1 rings (SSSR count). The van der Waals surface area contributed by atoms with Gasteiger partial charge in [-0.2, -0.15) is 0 Å². The second-order valence-corrected chi connectivity index (χ2v) is 6.45. The fourth-order valence-corrected chi connectivity index (χ4v) is 2.48. The molecule has 0 bridgehead atoms. The van der Waals surface area contributed by atoms with Crippen LogP contribution < -0.4 is 15.5 Å². The van der Waals surface area contributed by atoms with Crippen molar-refractivity contribution in [3.63, 3.8) is 0 Å². The van der Waals surface area contributed by atoms with Crippen molar-refractivity contribution in [1.82, 2.24) is 15.5 Å². The predicted octanol–water partition coefficient (Wildman–Crippen LogP) is 1.92. The number of nitrogens with one attached hydrogen (secondary N) is 2. The van der Waals surface area contributed by atoms with Crippen LogP contribution in [-0.2, 0) is 11.3 Å². The van der Waals surface area contributed by atoms with E-state index in [4.69, 9.17) is 4.74 Å². The number of halogens is 1. The van der Waals surface area contributed by atoms with Gasteiger partial charge in [0, 0.05) is 54.0 Å². The minimum absolute atomic E-state index is 0.224. The molecule has 0 amide bonds. The van der Waals surface area contributed by atoms with Crippen LogP contribution >= 0.6 is 0 Å². The van der Waals surface area contributed by atoms with Gasteiger partial charge in [0.2, 0.25) is 0 Å². The lowest BCUT2D eigenvalue weighted by Crippen LogP contribution is -2.41. The summed E-state index contributed by atoms with van der Waals surface area (Å²) in [6.45, 7) is 6.74. The van der Waals surface area contributed by atoms with Crippen LogP contribution in [0.15, 0.2) is 23.2 Å². The van der Waals surface area contributed by atoms with Crippen LogP contribution in [0.1, 0.15) is 18.9 Å². The highest BCUT2D eigenvalue weighted by Crippen LogP contribution is 2.18. The van der Waals surface area contributed by atoms with E-state index in [2.05, 4.69) is 27.6 Å². The minimum Gasteiger partial charge on any atom is -0.385 e. The van der Waals surface area contributed by atoms with Crippen LogP contribution in [0.5, 0.6) is 0 Å². The third-order valence-electron chi connectivity index (χ3n) is 3.93. The first kappa shape index (κ1) is 22.2. The monoisotopic (exact) mass is 367 g/mol. The Morgan fingerprint density at radius 2 is 1.96 bits per heavy atom. The number of methoxy groups -OCH3 is 1. The number of rotatable bonds is 11. The van der Waals surface area contributed by atoms with Gasteiger partial charge in [-0.1, -0.05) is 6.07 Å². The van der Waals surface area contributed by atoms with E-state index in [-0.39, 0.29) is 5.82 Å². The molecule has 0 radical (unpaired) electrons. The molecule has 0 saturated carbocycles. The van der Waals surface area contributed by atoms with E-state index in [0.29, 0.717) is 12.2 Å². The molecule has 0 fully saturated rings. The Bertz CT molecular complexity index is 551. The molecule has 1 aromatic rings. The van der Waals surface area contributed by atoms with E-state index in [1.807, 2.05) is 27.1 Å². The summed E-state index contributed by atoms with van der Waals surface area (Å²) in [6, 6.07) is 5.25. The normalized spacial score (nSPS) is 11.7. The van der Waals surface area contributed by atoms with Gasteiger partial charge < -0.3 is 25.2 Å². The molecule has 0 atom stereocenters. The molecule has 0 heterocycles. The van der Waals surface area contributed by atoms with E-state index in [0.717, 1.165) is 50.7 Å². The molecule has 1 aromatic carbocycles. The molecule has 0 spiro atoms. The Morgan fingerprint density at radius 1 is 1.19 bits per heavy atom. The predicted molar refractivity (Wildman–Crippen MR) is 108 cm³/mol. The number of likely N-dealkylation sites (N-methyl/N-ethyl adjacent to an activating group) is 1. The van der Waals surface area contributed by atoms with Gasteiger partial charge >= 0.3 is 0 Å². The Balaban J connectivity index is 2.51. The standard InChI is InChI=1S/C19H34FN5O/c1-6-21-19(22-10-12-25(4)11-7-13-26-5)23-15-16-8-9-18(24(2)3)17(20)14-16/h8-9,14H,6-7,10-13,15H2,1-5H3,(H2,21,22,23). The van der Waals surface area contributed by atoms with Gasteiger partial charge in [-0.25, -0.2) is 9.38 Å². The molecule has 0 aromatic heterocycles. The van der Waals surface area contributed by atoms with Gasteiger partial charge in [0.15, 0.2) is 5.96 Å². The molecule has 6 nitrogen and oxygen atoms in total. The number of aliphatic imine (C=N–C) groups is 1. The molecule has 148 valence electrons. The van der Waals surface area contributed by atoms with Crippen molar-refractivity contribution in [2.75, 3.05) is 65.9 Å². The average Bonchev–Trinajstić information content (AvgIpc) is 2.59.